The summed E-state index contributed by atoms with van der Waals surface area (Å²) in [5.41, 5.74) is 1.66. The van der Waals surface area contributed by atoms with Crippen LogP contribution in [0.4, 0.5) is 0 Å². The molecule has 0 aliphatic carbocycles. The zero-order valence-electron chi connectivity index (χ0n) is 5.53. The van der Waals surface area contributed by atoms with Gasteiger partial charge in [0.05, 0.1) is 10.7 Å². The van der Waals surface area contributed by atoms with E-state index in [1.807, 2.05) is 0 Å². The van der Waals surface area contributed by atoms with Crippen LogP contribution in [0.1, 0.15) is 0 Å². The monoisotopic (exact) mass is 209 g/mol. The fraction of sp³-hybridized carbons (Fsp3) is 0. The van der Waals surface area contributed by atoms with Crippen LogP contribution in [-0.2, 0) is 0 Å². The van der Waals surface area contributed by atoms with Crippen LogP contribution >= 0.6 is 15.9 Å². The van der Waals surface area contributed by atoms with E-state index in [2.05, 4.69) is 30.9 Å². The molecular weight excluding hydrogens is 206 g/mol. The highest BCUT2D eigenvalue weighted by atomic mass is 79.9. The average Bonchev–Trinajstić information content (AvgIpc) is 2.06. The maximum absolute atomic E-state index is 4.13. The van der Waals surface area contributed by atoms with Crippen molar-refractivity contribution in [2.75, 3.05) is 0 Å². The Morgan fingerprint density at radius 2 is 1.91 bits per heavy atom. The summed E-state index contributed by atoms with van der Waals surface area (Å²) in [6, 6.07) is 0. The minimum Gasteiger partial charge on any atom is -0.261 e. The molecule has 54 valence electrons. The van der Waals surface area contributed by atoms with Crippen molar-refractivity contribution in [1.29, 1.82) is 0 Å². The first-order chi connectivity index (χ1) is 5.38. The second-order valence-corrected chi connectivity index (χ2v) is 2.90. The van der Waals surface area contributed by atoms with E-state index >= 15 is 0 Å². The van der Waals surface area contributed by atoms with E-state index in [1.165, 1.54) is 0 Å². The van der Waals surface area contributed by atoms with Crippen LogP contribution in [0.15, 0.2) is 29.3 Å². The van der Waals surface area contributed by atoms with Crippen molar-refractivity contribution in [3.63, 3.8) is 0 Å². The summed E-state index contributed by atoms with van der Waals surface area (Å²) in [7, 11) is 0. The van der Waals surface area contributed by atoms with E-state index in [0.717, 1.165) is 15.5 Å². The first-order valence-corrected chi connectivity index (χ1v) is 3.87. The van der Waals surface area contributed by atoms with Crippen LogP contribution in [0.3, 0.4) is 0 Å². The first-order valence-electron chi connectivity index (χ1n) is 3.08. The first kappa shape index (κ1) is 6.67. The Kier molecular flexibility index (Phi) is 1.54. The average molecular weight is 210 g/mol. The van der Waals surface area contributed by atoms with Gasteiger partial charge in [-0.3, -0.25) is 15.0 Å². The van der Waals surface area contributed by atoms with Crippen LogP contribution in [0.5, 0.6) is 0 Å². The third-order valence-corrected chi connectivity index (χ3v) is 1.92. The molecule has 0 spiro atoms. The number of pyridine rings is 1. The summed E-state index contributed by atoms with van der Waals surface area (Å²) in [6.45, 7) is 0. The van der Waals surface area contributed by atoms with Gasteiger partial charge in [-0.15, -0.1) is 0 Å². The van der Waals surface area contributed by atoms with Gasteiger partial charge in [0.15, 0.2) is 0 Å². The molecule has 4 heteroatoms. The number of nitrogens with zero attached hydrogens (tertiary/aromatic N) is 3. The van der Waals surface area contributed by atoms with Crippen molar-refractivity contribution in [2.45, 2.75) is 0 Å². The fourth-order valence-electron chi connectivity index (χ4n) is 0.862. The Labute approximate surface area is 71.6 Å². The summed E-state index contributed by atoms with van der Waals surface area (Å²) >= 11 is 3.33. The molecule has 0 aliphatic rings. The van der Waals surface area contributed by atoms with Crippen molar-refractivity contribution in [3.8, 4) is 0 Å². The van der Waals surface area contributed by atoms with Crippen LogP contribution in [0.2, 0.25) is 0 Å². The quantitative estimate of drug-likeness (QED) is 0.665. The third kappa shape index (κ3) is 1.09. The standard InChI is InChI=1S/C7H4BrN3/c8-5-3-9-4-6-7(5)11-2-1-10-6/h1-4H. The molecule has 0 radical (unpaired) electrons. The second-order valence-electron chi connectivity index (χ2n) is 2.05. The van der Waals surface area contributed by atoms with Gasteiger partial charge in [0, 0.05) is 18.6 Å². The highest BCUT2D eigenvalue weighted by Crippen LogP contribution is 2.16. The van der Waals surface area contributed by atoms with Gasteiger partial charge >= 0.3 is 0 Å². The molecular formula is C7H4BrN3. The Balaban J connectivity index is 2.91. The number of hydrogen-bond donors (Lipinski definition) is 0. The maximum atomic E-state index is 4.13. The smallest absolute Gasteiger partial charge is 0.108 e. The molecule has 0 amide bonds. The largest absolute Gasteiger partial charge is 0.261 e. The number of aromatic nitrogens is 3. The van der Waals surface area contributed by atoms with Gasteiger partial charge < -0.3 is 0 Å². The fourth-order valence-corrected chi connectivity index (χ4v) is 1.29. The molecule has 11 heavy (non-hydrogen) atoms. The van der Waals surface area contributed by atoms with Crippen molar-refractivity contribution < 1.29 is 0 Å². The minimum atomic E-state index is 0.807. The summed E-state index contributed by atoms with van der Waals surface area (Å²) in [6.07, 6.45) is 6.70. The summed E-state index contributed by atoms with van der Waals surface area (Å²) in [5.74, 6) is 0. The van der Waals surface area contributed by atoms with E-state index in [9.17, 15) is 0 Å². The van der Waals surface area contributed by atoms with E-state index < -0.39 is 0 Å². The van der Waals surface area contributed by atoms with E-state index in [1.54, 1.807) is 24.8 Å². The molecule has 2 aromatic rings. The van der Waals surface area contributed by atoms with Gasteiger partial charge in [-0.05, 0) is 15.9 Å². The number of fused-ring (bicyclic) bond motifs is 1. The van der Waals surface area contributed by atoms with Gasteiger partial charge in [-0.25, -0.2) is 0 Å². The lowest BCUT2D eigenvalue weighted by Crippen LogP contribution is -1.83. The Morgan fingerprint density at radius 1 is 1.09 bits per heavy atom. The molecule has 0 atom stereocenters. The SMILES string of the molecule is Brc1cncc2nccnc12. The molecule has 0 fully saturated rings. The van der Waals surface area contributed by atoms with Crippen LogP contribution in [0.25, 0.3) is 11.0 Å². The van der Waals surface area contributed by atoms with Gasteiger partial charge in [-0.2, -0.15) is 0 Å². The van der Waals surface area contributed by atoms with E-state index in [4.69, 9.17) is 0 Å². The lowest BCUT2D eigenvalue weighted by atomic mass is 10.4. The molecule has 0 saturated carbocycles. The topological polar surface area (TPSA) is 38.7 Å². The predicted octanol–water partition coefficient (Wildman–Crippen LogP) is 1.79. The molecule has 0 aromatic carbocycles. The van der Waals surface area contributed by atoms with Gasteiger partial charge in [0.25, 0.3) is 0 Å². The molecule has 2 rings (SSSR count). The number of rotatable bonds is 0. The van der Waals surface area contributed by atoms with Crippen molar-refractivity contribution in [1.82, 2.24) is 15.0 Å². The number of halogens is 1. The summed E-state index contributed by atoms with van der Waals surface area (Å²) in [5, 5.41) is 0. The maximum Gasteiger partial charge on any atom is 0.108 e. The summed E-state index contributed by atoms with van der Waals surface area (Å²) in [4.78, 5) is 12.2. The molecule has 2 heterocycles. The van der Waals surface area contributed by atoms with Crippen LogP contribution < -0.4 is 0 Å². The third-order valence-electron chi connectivity index (χ3n) is 1.34. The van der Waals surface area contributed by atoms with Crippen molar-refractivity contribution in [2.24, 2.45) is 0 Å². The molecule has 0 bridgehead atoms. The zero-order valence-corrected chi connectivity index (χ0v) is 7.12. The van der Waals surface area contributed by atoms with Crippen molar-refractivity contribution in [3.05, 3.63) is 29.3 Å². The van der Waals surface area contributed by atoms with Crippen molar-refractivity contribution >= 4 is 27.0 Å². The lowest BCUT2D eigenvalue weighted by molar-refractivity contribution is 1.24. The molecule has 0 unspecified atom stereocenters. The normalized spacial score (nSPS) is 10.3. The highest BCUT2D eigenvalue weighted by Gasteiger charge is 1.97. The molecule has 0 N–H and O–H groups in total. The van der Waals surface area contributed by atoms with Gasteiger partial charge in [-0.1, -0.05) is 0 Å². The molecule has 0 saturated heterocycles. The van der Waals surface area contributed by atoms with Crippen LogP contribution in [-0.4, -0.2) is 15.0 Å². The molecule has 2 aromatic heterocycles. The van der Waals surface area contributed by atoms with E-state index in [-0.39, 0.29) is 0 Å². The molecule has 0 aliphatic heterocycles. The lowest BCUT2D eigenvalue weighted by Gasteiger charge is -1.94. The summed E-state index contributed by atoms with van der Waals surface area (Å²) < 4.78 is 0.878. The highest BCUT2D eigenvalue weighted by molar-refractivity contribution is 9.10. The minimum absolute atomic E-state index is 0.807. The second kappa shape index (κ2) is 2.54. The molecule has 3 nitrogen and oxygen atoms in total. The predicted molar refractivity (Wildman–Crippen MR) is 45.0 cm³/mol. The zero-order chi connectivity index (χ0) is 7.68. The van der Waals surface area contributed by atoms with Gasteiger partial charge in [0.1, 0.15) is 11.0 Å². The van der Waals surface area contributed by atoms with E-state index in [0.29, 0.717) is 0 Å². The Morgan fingerprint density at radius 3 is 2.73 bits per heavy atom. The van der Waals surface area contributed by atoms with Crippen LogP contribution in [0, 0.1) is 0 Å². The Bertz CT molecular complexity index is 383. The van der Waals surface area contributed by atoms with Gasteiger partial charge in [0.2, 0.25) is 0 Å². The number of hydrogen-bond acceptors (Lipinski definition) is 3. The Hall–Kier alpha value is -1.03.